The van der Waals surface area contributed by atoms with E-state index in [0.29, 0.717) is 12.5 Å². The summed E-state index contributed by atoms with van der Waals surface area (Å²) in [5.41, 5.74) is 6.25. The Bertz CT molecular complexity index is 503. The number of aromatic nitrogens is 1. The summed E-state index contributed by atoms with van der Waals surface area (Å²) in [5, 5.41) is 3.45. The van der Waals surface area contributed by atoms with Crippen LogP contribution in [0.4, 0.5) is 5.82 Å². The minimum absolute atomic E-state index is 0.222. The fraction of sp³-hybridized carbons (Fsp3) is 0.625. The van der Waals surface area contributed by atoms with Gasteiger partial charge in [-0.2, -0.15) is 0 Å². The van der Waals surface area contributed by atoms with E-state index in [1.165, 1.54) is 5.56 Å². The molecule has 0 spiro atoms. The zero-order valence-electron chi connectivity index (χ0n) is 13.2. The second-order valence-electron chi connectivity index (χ2n) is 6.61. The molecule has 5 heteroatoms. The summed E-state index contributed by atoms with van der Waals surface area (Å²) < 4.78 is 0. The molecule has 1 fully saturated rings. The van der Waals surface area contributed by atoms with Crippen molar-refractivity contribution in [3.63, 3.8) is 0 Å². The Kier molecular flexibility index (Phi) is 4.83. The topological polar surface area (TPSA) is 71.2 Å². The number of anilines is 1. The molecule has 5 nitrogen and oxygen atoms in total. The van der Waals surface area contributed by atoms with Crippen LogP contribution in [0.2, 0.25) is 0 Å². The number of carbonyl (C=O) groups excluding carboxylic acids is 1. The Morgan fingerprint density at radius 1 is 1.57 bits per heavy atom. The number of nitrogens with two attached hydrogens (primary N) is 1. The third-order valence-electron chi connectivity index (χ3n) is 4.10. The van der Waals surface area contributed by atoms with Crippen LogP contribution in [0.3, 0.4) is 0 Å². The van der Waals surface area contributed by atoms with E-state index in [4.69, 9.17) is 5.73 Å². The molecule has 0 bridgehead atoms. The first-order valence-corrected chi connectivity index (χ1v) is 7.62. The maximum atomic E-state index is 11.6. The SMILES string of the molecule is CC(C)CNCc1cccnc1N1CCC(C)(C(N)=O)C1. The van der Waals surface area contributed by atoms with Crippen molar-refractivity contribution in [2.45, 2.75) is 33.7 Å². The Morgan fingerprint density at radius 2 is 2.33 bits per heavy atom. The van der Waals surface area contributed by atoms with Gasteiger partial charge in [0.2, 0.25) is 5.91 Å². The summed E-state index contributed by atoms with van der Waals surface area (Å²) in [7, 11) is 0. The Balaban J connectivity index is 2.08. The lowest BCUT2D eigenvalue weighted by Gasteiger charge is -2.23. The number of carbonyl (C=O) groups is 1. The van der Waals surface area contributed by atoms with Gasteiger partial charge in [-0.3, -0.25) is 4.79 Å². The zero-order valence-corrected chi connectivity index (χ0v) is 13.2. The number of nitrogens with zero attached hydrogens (tertiary/aromatic N) is 2. The molecule has 21 heavy (non-hydrogen) atoms. The fourth-order valence-electron chi connectivity index (χ4n) is 2.69. The second-order valence-corrected chi connectivity index (χ2v) is 6.61. The summed E-state index contributed by atoms with van der Waals surface area (Å²) in [5.74, 6) is 1.37. The molecule has 2 rings (SSSR count). The second kappa shape index (κ2) is 6.43. The first-order chi connectivity index (χ1) is 9.92. The largest absolute Gasteiger partial charge is 0.369 e. The van der Waals surface area contributed by atoms with Crippen molar-refractivity contribution in [2.75, 3.05) is 24.5 Å². The van der Waals surface area contributed by atoms with Crippen molar-refractivity contribution in [1.82, 2.24) is 10.3 Å². The molecule has 1 aliphatic rings. The lowest BCUT2D eigenvalue weighted by molar-refractivity contribution is -0.125. The van der Waals surface area contributed by atoms with Crippen molar-refractivity contribution in [3.8, 4) is 0 Å². The molecule has 1 aliphatic heterocycles. The van der Waals surface area contributed by atoms with Crippen LogP contribution in [0.25, 0.3) is 0 Å². The minimum atomic E-state index is -0.444. The fourth-order valence-corrected chi connectivity index (χ4v) is 2.69. The van der Waals surface area contributed by atoms with E-state index in [9.17, 15) is 4.79 Å². The van der Waals surface area contributed by atoms with E-state index < -0.39 is 5.41 Å². The van der Waals surface area contributed by atoms with Gasteiger partial charge in [-0.15, -0.1) is 0 Å². The summed E-state index contributed by atoms with van der Waals surface area (Å²) in [6.45, 7) is 9.57. The average molecular weight is 290 g/mol. The molecule has 2 heterocycles. The smallest absolute Gasteiger partial charge is 0.225 e. The molecular formula is C16H26N4O. The molecule has 1 aromatic heterocycles. The molecule has 0 saturated carbocycles. The highest BCUT2D eigenvalue weighted by molar-refractivity contribution is 5.82. The van der Waals surface area contributed by atoms with Gasteiger partial charge in [0.1, 0.15) is 5.82 Å². The maximum absolute atomic E-state index is 11.6. The van der Waals surface area contributed by atoms with E-state index in [2.05, 4.69) is 35.1 Å². The summed E-state index contributed by atoms with van der Waals surface area (Å²) in [4.78, 5) is 18.3. The molecule has 1 atom stereocenters. The Labute approximate surface area is 126 Å². The molecule has 3 N–H and O–H groups in total. The highest BCUT2D eigenvalue weighted by Crippen LogP contribution is 2.33. The summed E-state index contributed by atoms with van der Waals surface area (Å²) in [6, 6.07) is 4.05. The Hall–Kier alpha value is -1.62. The van der Waals surface area contributed by atoms with E-state index in [-0.39, 0.29) is 5.91 Å². The molecule has 0 aliphatic carbocycles. The van der Waals surface area contributed by atoms with E-state index in [1.807, 2.05) is 13.0 Å². The van der Waals surface area contributed by atoms with Gasteiger partial charge in [0.15, 0.2) is 0 Å². The van der Waals surface area contributed by atoms with Crippen LogP contribution in [-0.4, -0.2) is 30.5 Å². The normalized spacial score (nSPS) is 22.0. The maximum Gasteiger partial charge on any atom is 0.225 e. The van der Waals surface area contributed by atoms with Crippen molar-refractivity contribution >= 4 is 11.7 Å². The van der Waals surface area contributed by atoms with Crippen molar-refractivity contribution in [1.29, 1.82) is 0 Å². The van der Waals surface area contributed by atoms with Crippen molar-refractivity contribution in [2.24, 2.45) is 17.1 Å². The van der Waals surface area contributed by atoms with Crippen LogP contribution in [-0.2, 0) is 11.3 Å². The lowest BCUT2D eigenvalue weighted by Crippen LogP contribution is -2.37. The molecule has 0 radical (unpaired) electrons. The Morgan fingerprint density at radius 3 is 2.95 bits per heavy atom. The van der Waals surface area contributed by atoms with Gasteiger partial charge >= 0.3 is 0 Å². The van der Waals surface area contributed by atoms with Crippen LogP contribution in [0.1, 0.15) is 32.8 Å². The van der Waals surface area contributed by atoms with Gasteiger partial charge in [-0.25, -0.2) is 4.98 Å². The average Bonchev–Trinajstić information content (AvgIpc) is 2.83. The van der Waals surface area contributed by atoms with Crippen LogP contribution in [0.5, 0.6) is 0 Å². The van der Waals surface area contributed by atoms with Crippen LogP contribution in [0, 0.1) is 11.3 Å². The van der Waals surface area contributed by atoms with Crippen LogP contribution < -0.4 is 16.0 Å². The molecule has 1 unspecified atom stereocenters. The summed E-state index contributed by atoms with van der Waals surface area (Å²) in [6.07, 6.45) is 2.60. The number of rotatable bonds is 6. The molecule has 0 aromatic carbocycles. The number of primary amides is 1. The van der Waals surface area contributed by atoms with Crippen molar-refractivity contribution in [3.05, 3.63) is 23.9 Å². The monoisotopic (exact) mass is 290 g/mol. The van der Waals surface area contributed by atoms with Gasteiger partial charge in [-0.1, -0.05) is 19.9 Å². The molecular weight excluding hydrogens is 264 g/mol. The lowest BCUT2D eigenvalue weighted by atomic mass is 9.89. The number of hydrogen-bond acceptors (Lipinski definition) is 4. The van der Waals surface area contributed by atoms with Crippen LogP contribution in [0.15, 0.2) is 18.3 Å². The molecule has 1 amide bonds. The molecule has 1 aromatic rings. The standard InChI is InChI=1S/C16H26N4O/c1-12(2)9-18-10-13-5-4-7-19-14(13)20-8-6-16(3,11-20)15(17)21/h4-5,7,12,18H,6,8-11H2,1-3H3,(H2,17,21). The molecule has 1 saturated heterocycles. The van der Waals surface area contributed by atoms with Gasteiger partial charge in [0, 0.05) is 31.4 Å². The third kappa shape index (κ3) is 3.73. The number of hydrogen-bond donors (Lipinski definition) is 2. The highest BCUT2D eigenvalue weighted by atomic mass is 16.1. The van der Waals surface area contributed by atoms with Gasteiger partial charge in [0.25, 0.3) is 0 Å². The first-order valence-electron chi connectivity index (χ1n) is 7.62. The number of pyridine rings is 1. The number of amides is 1. The summed E-state index contributed by atoms with van der Waals surface area (Å²) >= 11 is 0. The molecule has 116 valence electrons. The third-order valence-corrected chi connectivity index (χ3v) is 4.10. The quantitative estimate of drug-likeness (QED) is 0.833. The first kappa shape index (κ1) is 15.8. The number of nitrogens with one attached hydrogen (secondary N) is 1. The van der Waals surface area contributed by atoms with E-state index in [0.717, 1.165) is 31.9 Å². The van der Waals surface area contributed by atoms with Gasteiger partial charge in [-0.05, 0) is 31.9 Å². The van der Waals surface area contributed by atoms with E-state index >= 15 is 0 Å². The zero-order chi connectivity index (χ0) is 15.5. The predicted molar refractivity (Wildman–Crippen MR) is 84.9 cm³/mol. The van der Waals surface area contributed by atoms with E-state index in [1.54, 1.807) is 6.20 Å². The predicted octanol–water partition coefficient (Wildman–Crippen LogP) is 1.53. The van der Waals surface area contributed by atoms with Gasteiger partial charge < -0.3 is 16.0 Å². The van der Waals surface area contributed by atoms with Crippen LogP contribution >= 0.6 is 0 Å². The highest BCUT2D eigenvalue weighted by Gasteiger charge is 2.39. The van der Waals surface area contributed by atoms with Gasteiger partial charge in [0.05, 0.1) is 5.41 Å². The van der Waals surface area contributed by atoms with Crippen molar-refractivity contribution < 1.29 is 4.79 Å². The minimum Gasteiger partial charge on any atom is -0.369 e.